The molecule has 0 saturated carbocycles. The highest BCUT2D eigenvalue weighted by Gasteiger charge is 2.27. The number of ether oxygens (including phenoxy) is 1. The van der Waals surface area contributed by atoms with Crippen molar-refractivity contribution in [3.63, 3.8) is 0 Å². The molecule has 0 aromatic heterocycles. The fourth-order valence-corrected chi connectivity index (χ4v) is 5.76. The molecule has 0 bridgehead atoms. The third kappa shape index (κ3) is 7.43. The molecule has 2 saturated heterocycles. The summed E-state index contributed by atoms with van der Waals surface area (Å²) in [4.78, 5) is 26.6. The van der Waals surface area contributed by atoms with Crippen molar-refractivity contribution in [1.82, 2.24) is 14.5 Å². The predicted molar refractivity (Wildman–Crippen MR) is 126 cm³/mol. The zero-order chi connectivity index (χ0) is 24.1. The SMILES string of the molecule is CC(C)(C)OC(=O)NCC1CCN(C(=O)CCc2ccc(S(=O)(=O)N3CCCC3)cc2)CC1. The summed E-state index contributed by atoms with van der Waals surface area (Å²) in [6, 6.07) is 6.92. The molecule has 0 unspecified atom stereocenters. The standard InChI is InChI=1S/C24H37N3O5S/c1-24(2,3)32-23(29)25-18-20-12-16-26(17-13-20)22(28)11-8-19-6-9-21(10-7-19)33(30,31)27-14-4-5-15-27/h6-7,9-10,20H,4-5,8,11-18H2,1-3H3,(H,25,29). The molecule has 2 amide bonds. The Morgan fingerprint density at radius 2 is 1.64 bits per heavy atom. The Bertz CT molecular complexity index is 910. The number of rotatable bonds is 7. The molecule has 2 aliphatic heterocycles. The second-order valence-corrected chi connectivity index (χ2v) is 11.9. The van der Waals surface area contributed by atoms with Gasteiger partial charge in [0.05, 0.1) is 4.90 Å². The maximum Gasteiger partial charge on any atom is 0.407 e. The van der Waals surface area contributed by atoms with Gasteiger partial charge in [-0.2, -0.15) is 4.31 Å². The molecule has 3 rings (SSSR count). The minimum atomic E-state index is -3.40. The molecule has 0 atom stereocenters. The van der Waals surface area contributed by atoms with E-state index in [2.05, 4.69) is 5.32 Å². The van der Waals surface area contributed by atoms with Gasteiger partial charge in [0.1, 0.15) is 5.60 Å². The number of nitrogens with one attached hydrogen (secondary N) is 1. The van der Waals surface area contributed by atoms with Gasteiger partial charge >= 0.3 is 6.09 Å². The zero-order valence-corrected chi connectivity index (χ0v) is 20.8. The van der Waals surface area contributed by atoms with E-state index in [0.29, 0.717) is 56.4 Å². The third-order valence-electron chi connectivity index (χ3n) is 6.15. The van der Waals surface area contributed by atoms with Gasteiger partial charge in [0, 0.05) is 39.1 Å². The quantitative estimate of drug-likeness (QED) is 0.648. The van der Waals surface area contributed by atoms with E-state index in [-0.39, 0.29) is 5.91 Å². The molecule has 9 heteroatoms. The number of benzene rings is 1. The van der Waals surface area contributed by atoms with Gasteiger partial charge in [-0.05, 0) is 76.5 Å². The Kier molecular flexibility index (Phi) is 8.39. The summed E-state index contributed by atoms with van der Waals surface area (Å²) in [6.45, 7) is 8.62. The van der Waals surface area contributed by atoms with E-state index in [1.54, 1.807) is 12.1 Å². The predicted octanol–water partition coefficient (Wildman–Crippen LogP) is 3.17. The molecule has 1 aromatic rings. The Labute approximate surface area is 197 Å². The van der Waals surface area contributed by atoms with Crippen molar-refractivity contribution < 1.29 is 22.7 Å². The van der Waals surface area contributed by atoms with Crippen LogP contribution in [0.3, 0.4) is 0 Å². The van der Waals surface area contributed by atoms with Crippen LogP contribution in [0.2, 0.25) is 0 Å². The van der Waals surface area contributed by atoms with Gasteiger partial charge in [-0.25, -0.2) is 13.2 Å². The molecule has 33 heavy (non-hydrogen) atoms. The maximum absolute atomic E-state index is 12.6. The molecule has 1 aromatic carbocycles. The van der Waals surface area contributed by atoms with Crippen LogP contribution in [-0.4, -0.2) is 67.9 Å². The van der Waals surface area contributed by atoms with E-state index >= 15 is 0 Å². The monoisotopic (exact) mass is 479 g/mol. The number of carbonyl (C=O) groups excluding carboxylic acids is 2. The number of sulfonamides is 1. The molecule has 1 N–H and O–H groups in total. The first-order valence-corrected chi connectivity index (χ1v) is 13.3. The number of amides is 2. The highest BCUT2D eigenvalue weighted by molar-refractivity contribution is 7.89. The topological polar surface area (TPSA) is 96.0 Å². The lowest BCUT2D eigenvalue weighted by atomic mass is 9.96. The number of alkyl carbamates (subject to hydrolysis) is 1. The van der Waals surface area contributed by atoms with E-state index in [0.717, 1.165) is 31.2 Å². The fourth-order valence-electron chi connectivity index (χ4n) is 4.24. The molecule has 0 spiro atoms. The van der Waals surface area contributed by atoms with E-state index in [1.807, 2.05) is 37.8 Å². The largest absolute Gasteiger partial charge is 0.444 e. The Morgan fingerprint density at radius 1 is 1.03 bits per heavy atom. The minimum absolute atomic E-state index is 0.113. The fraction of sp³-hybridized carbons (Fsp3) is 0.667. The highest BCUT2D eigenvalue weighted by atomic mass is 32.2. The Morgan fingerprint density at radius 3 is 2.21 bits per heavy atom. The van der Waals surface area contributed by atoms with Crippen LogP contribution in [0.15, 0.2) is 29.2 Å². The summed E-state index contributed by atoms with van der Waals surface area (Å²) in [5, 5.41) is 2.82. The number of likely N-dealkylation sites (tertiary alicyclic amines) is 1. The van der Waals surface area contributed by atoms with Gasteiger partial charge in [0.15, 0.2) is 0 Å². The minimum Gasteiger partial charge on any atom is -0.444 e. The van der Waals surface area contributed by atoms with Crippen molar-refractivity contribution in [1.29, 1.82) is 0 Å². The van der Waals surface area contributed by atoms with Crippen LogP contribution in [0.5, 0.6) is 0 Å². The molecule has 184 valence electrons. The van der Waals surface area contributed by atoms with E-state index in [1.165, 1.54) is 4.31 Å². The van der Waals surface area contributed by atoms with Gasteiger partial charge in [-0.1, -0.05) is 12.1 Å². The summed E-state index contributed by atoms with van der Waals surface area (Å²) in [5.41, 5.74) is 0.447. The van der Waals surface area contributed by atoms with Crippen LogP contribution in [0.4, 0.5) is 4.79 Å². The van der Waals surface area contributed by atoms with Crippen molar-refractivity contribution in [2.75, 3.05) is 32.7 Å². The number of aryl methyl sites for hydroxylation is 1. The van der Waals surface area contributed by atoms with Gasteiger partial charge < -0.3 is 15.0 Å². The molecule has 0 radical (unpaired) electrons. The number of nitrogens with zero attached hydrogens (tertiary/aromatic N) is 2. The van der Waals surface area contributed by atoms with Gasteiger partial charge in [-0.3, -0.25) is 4.79 Å². The normalized spacial score (nSPS) is 18.3. The first-order chi connectivity index (χ1) is 15.5. The molecular weight excluding hydrogens is 442 g/mol. The smallest absolute Gasteiger partial charge is 0.407 e. The molecule has 2 fully saturated rings. The van der Waals surface area contributed by atoms with Crippen molar-refractivity contribution in [2.24, 2.45) is 5.92 Å². The van der Waals surface area contributed by atoms with Crippen molar-refractivity contribution >= 4 is 22.0 Å². The molecule has 8 nitrogen and oxygen atoms in total. The Hall–Kier alpha value is -2.13. The van der Waals surface area contributed by atoms with E-state index in [9.17, 15) is 18.0 Å². The summed E-state index contributed by atoms with van der Waals surface area (Å²) < 4.78 is 32.1. The lowest BCUT2D eigenvalue weighted by molar-refractivity contribution is -0.132. The van der Waals surface area contributed by atoms with Crippen LogP contribution >= 0.6 is 0 Å². The molecule has 0 aliphatic carbocycles. The maximum atomic E-state index is 12.6. The molecule has 2 heterocycles. The summed E-state index contributed by atoms with van der Waals surface area (Å²) in [5.74, 6) is 0.453. The molecule has 2 aliphatic rings. The van der Waals surface area contributed by atoms with Crippen molar-refractivity contribution in [3.8, 4) is 0 Å². The number of piperidine rings is 1. The first-order valence-electron chi connectivity index (χ1n) is 11.9. The highest BCUT2D eigenvalue weighted by Crippen LogP contribution is 2.22. The summed E-state index contributed by atoms with van der Waals surface area (Å²) >= 11 is 0. The van der Waals surface area contributed by atoms with Crippen LogP contribution in [0, 0.1) is 5.92 Å². The number of hydrogen-bond donors (Lipinski definition) is 1. The zero-order valence-electron chi connectivity index (χ0n) is 20.0. The van der Waals surface area contributed by atoms with Gasteiger partial charge in [0.2, 0.25) is 15.9 Å². The van der Waals surface area contributed by atoms with Crippen LogP contribution in [0.25, 0.3) is 0 Å². The summed E-state index contributed by atoms with van der Waals surface area (Å²) in [7, 11) is -3.40. The second-order valence-electron chi connectivity index (χ2n) is 9.96. The summed E-state index contributed by atoms with van der Waals surface area (Å²) in [6.07, 6.45) is 4.12. The second kappa shape index (κ2) is 10.9. The molecular formula is C24H37N3O5S. The van der Waals surface area contributed by atoms with Crippen LogP contribution in [-0.2, 0) is 26.0 Å². The third-order valence-corrected chi connectivity index (χ3v) is 8.07. The first kappa shape index (κ1) is 25.5. The van der Waals surface area contributed by atoms with Gasteiger partial charge in [0.25, 0.3) is 0 Å². The average Bonchev–Trinajstić information content (AvgIpc) is 3.31. The van der Waals surface area contributed by atoms with Crippen molar-refractivity contribution in [2.45, 2.75) is 69.8 Å². The van der Waals surface area contributed by atoms with E-state index < -0.39 is 21.7 Å². The van der Waals surface area contributed by atoms with Crippen LogP contribution in [0.1, 0.15) is 58.4 Å². The lowest BCUT2D eigenvalue weighted by Crippen LogP contribution is -2.42. The number of carbonyl (C=O) groups is 2. The lowest BCUT2D eigenvalue weighted by Gasteiger charge is -2.32. The van der Waals surface area contributed by atoms with Crippen LogP contribution < -0.4 is 5.32 Å². The average molecular weight is 480 g/mol. The number of hydrogen-bond acceptors (Lipinski definition) is 5. The van der Waals surface area contributed by atoms with E-state index in [4.69, 9.17) is 4.74 Å². The van der Waals surface area contributed by atoms with Crippen molar-refractivity contribution in [3.05, 3.63) is 29.8 Å². The Balaban J connectivity index is 1.39. The van der Waals surface area contributed by atoms with Gasteiger partial charge in [-0.15, -0.1) is 0 Å².